The van der Waals surface area contributed by atoms with E-state index in [1.165, 1.54) is 0 Å². The highest BCUT2D eigenvalue weighted by Crippen LogP contribution is 2.28. The zero-order valence-electron chi connectivity index (χ0n) is 6.34. The number of hydrogen-bond donors (Lipinski definition) is 1. The maximum atomic E-state index is 11.7. The van der Waals surface area contributed by atoms with Crippen LogP contribution in [0.15, 0.2) is 4.34 Å². The standard InChI is InChI=1S/C5H6F3N3S2/c6-5(7,8)1-2-12-4-11-10-3(9)13-4/h1-2H2,(H2,9,10). The fourth-order valence-corrected chi connectivity index (χ4v) is 2.22. The molecule has 0 saturated carbocycles. The van der Waals surface area contributed by atoms with Gasteiger partial charge in [-0.25, -0.2) is 0 Å². The van der Waals surface area contributed by atoms with Crippen molar-refractivity contribution in [2.75, 3.05) is 11.5 Å². The summed E-state index contributed by atoms with van der Waals surface area (Å²) in [4.78, 5) is 0. The van der Waals surface area contributed by atoms with Gasteiger partial charge in [0.2, 0.25) is 5.13 Å². The van der Waals surface area contributed by atoms with E-state index in [-0.39, 0.29) is 10.9 Å². The molecule has 0 aromatic carbocycles. The monoisotopic (exact) mass is 229 g/mol. The number of thioether (sulfide) groups is 1. The van der Waals surface area contributed by atoms with E-state index in [0.29, 0.717) is 4.34 Å². The van der Waals surface area contributed by atoms with Gasteiger partial charge in [0.1, 0.15) is 0 Å². The molecule has 8 heteroatoms. The minimum atomic E-state index is -4.11. The van der Waals surface area contributed by atoms with Crippen molar-refractivity contribution in [3.63, 3.8) is 0 Å². The van der Waals surface area contributed by atoms with E-state index in [1.54, 1.807) is 0 Å². The predicted molar refractivity (Wildman–Crippen MR) is 45.7 cm³/mol. The third-order valence-electron chi connectivity index (χ3n) is 1.03. The van der Waals surface area contributed by atoms with E-state index < -0.39 is 12.6 Å². The Balaban J connectivity index is 2.28. The van der Waals surface area contributed by atoms with Crippen LogP contribution in [0.25, 0.3) is 0 Å². The van der Waals surface area contributed by atoms with Crippen molar-refractivity contribution in [3.05, 3.63) is 0 Å². The van der Waals surface area contributed by atoms with E-state index >= 15 is 0 Å². The van der Waals surface area contributed by atoms with Gasteiger partial charge in [-0.3, -0.25) is 0 Å². The Kier molecular flexibility index (Phi) is 3.37. The maximum Gasteiger partial charge on any atom is 0.389 e. The highest BCUT2D eigenvalue weighted by atomic mass is 32.2. The van der Waals surface area contributed by atoms with Crippen molar-refractivity contribution in [2.45, 2.75) is 16.9 Å². The maximum absolute atomic E-state index is 11.7. The van der Waals surface area contributed by atoms with Crippen LogP contribution in [0.1, 0.15) is 6.42 Å². The number of nitrogens with zero attached hydrogens (tertiary/aromatic N) is 2. The second-order valence-electron chi connectivity index (χ2n) is 2.12. The molecule has 0 aliphatic rings. The Morgan fingerprint density at radius 2 is 2.08 bits per heavy atom. The lowest BCUT2D eigenvalue weighted by Gasteiger charge is -2.02. The number of nitrogens with two attached hydrogens (primary N) is 1. The number of aromatic nitrogens is 2. The second-order valence-corrected chi connectivity index (χ2v) is 4.47. The van der Waals surface area contributed by atoms with Crippen molar-refractivity contribution in [1.82, 2.24) is 10.2 Å². The minimum Gasteiger partial charge on any atom is -0.374 e. The summed E-state index contributed by atoms with van der Waals surface area (Å²) in [5.74, 6) is -0.0435. The van der Waals surface area contributed by atoms with Crippen molar-refractivity contribution in [2.24, 2.45) is 0 Å². The van der Waals surface area contributed by atoms with E-state index in [9.17, 15) is 13.2 Å². The summed E-state index contributed by atoms with van der Waals surface area (Å²) in [5.41, 5.74) is 5.25. The molecular formula is C5H6F3N3S2. The van der Waals surface area contributed by atoms with E-state index in [0.717, 1.165) is 23.1 Å². The van der Waals surface area contributed by atoms with Gasteiger partial charge in [-0.05, 0) is 0 Å². The number of alkyl halides is 3. The zero-order chi connectivity index (χ0) is 9.90. The zero-order valence-corrected chi connectivity index (χ0v) is 7.97. The second kappa shape index (κ2) is 4.14. The van der Waals surface area contributed by atoms with Gasteiger partial charge >= 0.3 is 6.18 Å². The third-order valence-corrected chi connectivity index (χ3v) is 2.92. The molecule has 0 atom stereocenters. The van der Waals surface area contributed by atoms with Gasteiger partial charge in [-0.2, -0.15) is 13.2 Å². The Hall–Kier alpha value is -0.500. The van der Waals surface area contributed by atoms with E-state index in [2.05, 4.69) is 10.2 Å². The van der Waals surface area contributed by atoms with Crippen LogP contribution in [0.5, 0.6) is 0 Å². The van der Waals surface area contributed by atoms with Crippen LogP contribution in [-0.2, 0) is 0 Å². The molecule has 1 aromatic heterocycles. The molecule has 0 unspecified atom stereocenters. The number of halogens is 3. The summed E-state index contributed by atoms with van der Waals surface area (Å²) in [6.07, 6.45) is -4.93. The van der Waals surface area contributed by atoms with Crippen LogP contribution < -0.4 is 5.73 Å². The molecule has 0 aliphatic heterocycles. The lowest BCUT2D eigenvalue weighted by atomic mass is 10.5. The topological polar surface area (TPSA) is 51.8 Å². The molecule has 1 heterocycles. The fourth-order valence-electron chi connectivity index (χ4n) is 0.533. The Labute approximate surface area is 80.5 Å². The van der Waals surface area contributed by atoms with Gasteiger partial charge in [-0.1, -0.05) is 23.1 Å². The molecule has 0 spiro atoms. The van der Waals surface area contributed by atoms with Gasteiger partial charge in [0.25, 0.3) is 0 Å². The number of anilines is 1. The largest absolute Gasteiger partial charge is 0.389 e. The van der Waals surface area contributed by atoms with Crippen molar-refractivity contribution >= 4 is 28.2 Å². The molecule has 0 aliphatic carbocycles. The highest BCUT2D eigenvalue weighted by Gasteiger charge is 2.26. The number of nitrogen functional groups attached to an aromatic ring is 1. The molecule has 2 N–H and O–H groups in total. The molecule has 0 bridgehead atoms. The first-order valence-electron chi connectivity index (χ1n) is 3.26. The van der Waals surface area contributed by atoms with Crippen LogP contribution in [-0.4, -0.2) is 22.1 Å². The SMILES string of the molecule is Nc1nnc(SCCC(F)(F)F)s1. The van der Waals surface area contributed by atoms with Gasteiger partial charge in [0, 0.05) is 5.75 Å². The molecule has 74 valence electrons. The lowest BCUT2D eigenvalue weighted by molar-refractivity contribution is -0.129. The minimum absolute atomic E-state index is 0.0435. The van der Waals surface area contributed by atoms with E-state index in [1.807, 2.05) is 0 Å². The Bertz CT molecular complexity index is 272. The highest BCUT2D eigenvalue weighted by molar-refractivity contribution is 8.01. The van der Waals surface area contributed by atoms with Gasteiger partial charge < -0.3 is 5.73 Å². The molecule has 1 aromatic rings. The average molecular weight is 229 g/mol. The molecule has 1 rings (SSSR count). The van der Waals surface area contributed by atoms with Crippen molar-refractivity contribution in [1.29, 1.82) is 0 Å². The number of rotatable bonds is 3. The molecule has 0 fully saturated rings. The van der Waals surface area contributed by atoms with Gasteiger partial charge in [-0.15, -0.1) is 10.2 Å². The van der Waals surface area contributed by atoms with E-state index in [4.69, 9.17) is 5.73 Å². The average Bonchev–Trinajstić information content (AvgIpc) is 2.33. The third kappa shape index (κ3) is 4.32. The molecule has 0 saturated heterocycles. The molecule has 3 nitrogen and oxygen atoms in total. The smallest absolute Gasteiger partial charge is 0.374 e. The van der Waals surface area contributed by atoms with Crippen molar-refractivity contribution in [3.8, 4) is 0 Å². The molecule has 13 heavy (non-hydrogen) atoms. The Morgan fingerprint density at radius 3 is 2.54 bits per heavy atom. The summed E-state index contributed by atoms with van der Waals surface area (Å²) < 4.78 is 35.6. The van der Waals surface area contributed by atoms with Crippen LogP contribution in [0.4, 0.5) is 18.3 Å². The Morgan fingerprint density at radius 1 is 1.38 bits per heavy atom. The first-order chi connectivity index (χ1) is 5.97. The van der Waals surface area contributed by atoms with Crippen LogP contribution in [0.3, 0.4) is 0 Å². The summed E-state index contributed by atoms with van der Waals surface area (Å²) in [6, 6.07) is 0. The summed E-state index contributed by atoms with van der Waals surface area (Å²) >= 11 is 2.10. The van der Waals surface area contributed by atoms with Crippen LogP contribution in [0.2, 0.25) is 0 Å². The normalized spacial score (nSPS) is 11.9. The molecule has 0 radical (unpaired) electrons. The lowest BCUT2D eigenvalue weighted by Crippen LogP contribution is -2.07. The quantitative estimate of drug-likeness (QED) is 0.807. The van der Waals surface area contributed by atoms with Gasteiger partial charge in [0.05, 0.1) is 6.42 Å². The molecule has 0 amide bonds. The predicted octanol–water partition coefficient (Wildman–Crippen LogP) is 2.16. The van der Waals surface area contributed by atoms with Gasteiger partial charge in [0.15, 0.2) is 4.34 Å². The number of hydrogen-bond acceptors (Lipinski definition) is 5. The van der Waals surface area contributed by atoms with Crippen LogP contribution >= 0.6 is 23.1 Å². The molecular weight excluding hydrogens is 223 g/mol. The van der Waals surface area contributed by atoms with Crippen molar-refractivity contribution < 1.29 is 13.2 Å². The van der Waals surface area contributed by atoms with Crippen LogP contribution in [0, 0.1) is 0 Å². The summed E-state index contributed by atoms with van der Waals surface area (Å²) in [5, 5.41) is 7.32. The fraction of sp³-hybridized carbons (Fsp3) is 0.600. The summed E-state index contributed by atoms with van der Waals surface area (Å²) in [7, 11) is 0. The first kappa shape index (κ1) is 10.6. The summed E-state index contributed by atoms with van der Waals surface area (Å²) in [6.45, 7) is 0. The first-order valence-corrected chi connectivity index (χ1v) is 5.06.